The highest BCUT2D eigenvalue weighted by Crippen LogP contribution is 2.37. The Balaban J connectivity index is 1.80. The zero-order valence-corrected chi connectivity index (χ0v) is 12.5. The lowest BCUT2D eigenvalue weighted by atomic mass is 10.1. The molecular formula is C14H18FN5S. The normalized spacial score (nSPS) is 17.2. The fourth-order valence-electron chi connectivity index (χ4n) is 2.73. The van der Waals surface area contributed by atoms with E-state index < -0.39 is 0 Å². The van der Waals surface area contributed by atoms with Crippen LogP contribution in [-0.2, 0) is 0 Å². The van der Waals surface area contributed by atoms with Crippen molar-refractivity contribution in [3.63, 3.8) is 0 Å². The molecule has 1 atom stereocenters. The van der Waals surface area contributed by atoms with Crippen molar-refractivity contribution in [1.29, 1.82) is 0 Å². The first-order chi connectivity index (χ1) is 10.3. The fraction of sp³-hybridized carbons (Fsp3) is 0.500. The molecule has 1 aromatic carbocycles. The average Bonchev–Trinajstić information content (AvgIpc) is 3.15. The zero-order valence-electron chi connectivity index (χ0n) is 11.7. The van der Waals surface area contributed by atoms with E-state index in [4.69, 9.17) is 5.73 Å². The summed E-state index contributed by atoms with van der Waals surface area (Å²) in [4.78, 5) is 0. The standard InChI is InChI=1S/C14H18FN5S/c15-11-5-3-4-10(8-11)13(9-16)21-14-17-18-19-20(14)12-6-1-2-7-12/h3-5,8,12-13H,1-2,6-7,9,16H2. The van der Waals surface area contributed by atoms with Crippen LogP contribution in [0.3, 0.4) is 0 Å². The van der Waals surface area contributed by atoms with Crippen molar-refractivity contribution in [3.8, 4) is 0 Å². The minimum atomic E-state index is -0.248. The first kappa shape index (κ1) is 14.5. The van der Waals surface area contributed by atoms with Crippen LogP contribution in [-0.4, -0.2) is 26.8 Å². The molecule has 0 bridgehead atoms. The van der Waals surface area contributed by atoms with Gasteiger partial charge in [0, 0.05) is 11.8 Å². The van der Waals surface area contributed by atoms with E-state index in [0.717, 1.165) is 23.6 Å². The van der Waals surface area contributed by atoms with Crippen LogP contribution >= 0.6 is 11.8 Å². The Morgan fingerprint density at radius 3 is 2.90 bits per heavy atom. The third-order valence-corrected chi connectivity index (χ3v) is 5.04. The van der Waals surface area contributed by atoms with Crippen LogP contribution in [0, 0.1) is 5.82 Å². The van der Waals surface area contributed by atoms with Crippen molar-refractivity contribution < 1.29 is 4.39 Å². The molecule has 1 aromatic heterocycles. The molecule has 0 aliphatic heterocycles. The summed E-state index contributed by atoms with van der Waals surface area (Å²) in [6.07, 6.45) is 4.68. The first-order valence-electron chi connectivity index (χ1n) is 7.18. The van der Waals surface area contributed by atoms with Crippen LogP contribution in [0.2, 0.25) is 0 Å². The lowest BCUT2D eigenvalue weighted by Gasteiger charge is -2.16. The second-order valence-corrected chi connectivity index (χ2v) is 6.41. The molecule has 1 fully saturated rings. The zero-order chi connectivity index (χ0) is 14.7. The predicted molar refractivity (Wildman–Crippen MR) is 79.4 cm³/mol. The molecule has 21 heavy (non-hydrogen) atoms. The quantitative estimate of drug-likeness (QED) is 0.860. The molecule has 1 heterocycles. The topological polar surface area (TPSA) is 69.6 Å². The summed E-state index contributed by atoms with van der Waals surface area (Å²) in [6, 6.07) is 6.93. The van der Waals surface area contributed by atoms with E-state index >= 15 is 0 Å². The highest BCUT2D eigenvalue weighted by molar-refractivity contribution is 7.99. The third-order valence-electron chi connectivity index (χ3n) is 3.82. The first-order valence-corrected chi connectivity index (χ1v) is 8.06. The van der Waals surface area contributed by atoms with Gasteiger partial charge in [-0.05, 0) is 41.0 Å². The van der Waals surface area contributed by atoms with Gasteiger partial charge in [0.1, 0.15) is 5.82 Å². The highest BCUT2D eigenvalue weighted by atomic mass is 32.2. The monoisotopic (exact) mass is 307 g/mol. The summed E-state index contributed by atoms with van der Waals surface area (Å²) >= 11 is 1.51. The summed E-state index contributed by atoms with van der Waals surface area (Å²) in [5.41, 5.74) is 6.72. The van der Waals surface area contributed by atoms with E-state index in [1.54, 1.807) is 6.07 Å². The number of thioether (sulfide) groups is 1. The number of hydrogen-bond donors (Lipinski definition) is 1. The third kappa shape index (κ3) is 3.24. The summed E-state index contributed by atoms with van der Waals surface area (Å²) in [6.45, 7) is 0.408. The van der Waals surface area contributed by atoms with Crippen molar-refractivity contribution in [2.45, 2.75) is 42.1 Å². The van der Waals surface area contributed by atoms with Gasteiger partial charge in [-0.15, -0.1) is 5.10 Å². The van der Waals surface area contributed by atoms with Crippen LogP contribution in [0.5, 0.6) is 0 Å². The van der Waals surface area contributed by atoms with E-state index in [1.807, 2.05) is 10.7 Å². The average molecular weight is 307 g/mol. The highest BCUT2D eigenvalue weighted by Gasteiger charge is 2.24. The van der Waals surface area contributed by atoms with E-state index in [1.165, 1.54) is 36.7 Å². The van der Waals surface area contributed by atoms with Crippen molar-refractivity contribution in [1.82, 2.24) is 20.2 Å². The predicted octanol–water partition coefficient (Wildman–Crippen LogP) is 2.72. The van der Waals surface area contributed by atoms with Crippen LogP contribution in [0.25, 0.3) is 0 Å². The van der Waals surface area contributed by atoms with Gasteiger partial charge in [-0.2, -0.15) is 0 Å². The molecule has 7 heteroatoms. The number of tetrazole rings is 1. The summed E-state index contributed by atoms with van der Waals surface area (Å²) in [7, 11) is 0. The number of nitrogens with zero attached hydrogens (tertiary/aromatic N) is 4. The van der Waals surface area contributed by atoms with Gasteiger partial charge in [-0.3, -0.25) is 0 Å². The maximum absolute atomic E-state index is 13.4. The Hall–Kier alpha value is -1.47. The smallest absolute Gasteiger partial charge is 0.210 e. The Bertz CT molecular complexity index is 597. The molecule has 5 nitrogen and oxygen atoms in total. The number of hydrogen-bond acceptors (Lipinski definition) is 5. The Morgan fingerprint density at radius 1 is 1.38 bits per heavy atom. The maximum atomic E-state index is 13.4. The van der Waals surface area contributed by atoms with Gasteiger partial charge < -0.3 is 5.73 Å². The second kappa shape index (κ2) is 6.53. The maximum Gasteiger partial charge on any atom is 0.210 e. The number of halogens is 1. The second-order valence-electron chi connectivity index (χ2n) is 5.24. The minimum absolute atomic E-state index is 0.0492. The Labute approximate surface area is 127 Å². The van der Waals surface area contributed by atoms with Crippen molar-refractivity contribution in [3.05, 3.63) is 35.6 Å². The molecule has 2 aromatic rings. The molecule has 1 saturated carbocycles. The Kier molecular flexibility index (Phi) is 4.50. The summed E-state index contributed by atoms with van der Waals surface area (Å²) in [5.74, 6) is -0.248. The van der Waals surface area contributed by atoms with Gasteiger partial charge in [-0.25, -0.2) is 9.07 Å². The number of aromatic nitrogens is 4. The molecule has 0 radical (unpaired) electrons. The Morgan fingerprint density at radius 2 is 2.19 bits per heavy atom. The van der Waals surface area contributed by atoms with Crippen LogP contribution in [0.4, 0.5) is 4.39 Å². The van der Waals surface area contributed by atoms with Gasteiger partial charge in [0.15, 0.2) is 0 Å². The van der Waals surface area contributed by atoms with Gasteiger partial charge in [0.25, 0.3) is 0 Å². The van der Waals surface area contributed by atoms with E-state index in [-0.39, 0.29) is 11.1 Å². The lowest BCUT2D eigenvalue weighted by molar-refractivity contribution is 0.422. The molecule has 0 amide bonds. The van der Waals surface area contributed by atoms with Gasteiger partial charge in [0.05, 0.1) is 6.04 Å². The van der Waals surface area contributed by atoms with Gasteiger partial charge in [-0.1, -0.05) is 36.7 Å². The van der Waals surface area contributed by atoms with Gasteiger partial charge >= 0.3 is 0 Å². The van der Waals surface area contributed by atoms with E-state index in [0.29, 0.717) is 12.6 Å². The number of rotatable bonds is 5. The molecule has 3 rings (SSSR count). The molecule has 112 valence electrons. The molecule has 1 unspecified atom stereocenters. The molecule has 0 spiro atoms. The van der Waals surface area contributed by atoms with Gasteiger partial charge in [0.2, 0.25) is 5.16 Å². The molecular weight excluding hydrogens is 289 g/mol. The van der Waals surface area contributed by atoms with Crippen LogP contribution in [0.15, 0.2) is 29.4 Å². The van der Waals surface area contributed by atoms with Crippen LogP contribution in [0.1, 0.15) is 42.5 Å². The summed E-state index contributed by atoms with van der Waals surface area (Å²) < 4.78 is 15.3. The molecule has 2 N–H and O–H groups in total. The fourth-order valence-corrected chi connectivity index (χ4v) is 3.74. The van der Waals surface area contributed by atoms with Crippen LogP contribution < -0.4 is 5.73 Å². The molecule has 1 aliphatic rings. The van der Waals surface area contributed by atoms with Crippen molar-refractivity contribution >= 4 is 11.8 Å². The molecule has 1 aliphatic carbocycles. The minimum Gasteiger partial charge on any atom is -0.329 e. The largest absolute Gasteiger partial charge is 0.329 e. The lowest BCUT2D eigenvalue weighted by Crippen LogP contribution is -2.13. The molecule has 0 saturated heterocycles. The number of benzene rings is 1. The SMILES string of the molecule is NCC(Sc1nnnn1C1CCCC1)c1cccc(F)c1. The summed E-state index contributed by atoms with van der Waals surface area (Å²) in [5, 5.41) is 12.7. The van der Waals surface area contributed by atoms with Crippen molar-refractivity contribution in [2.75, 3.05) is 6.54 Å². The number of nitrogens with two attached hydrogens (primary N) is 1. The van der Waals surface area contributed by atoms with Crippen molar-refractivity contribution in [2.24, 2.45) is 5.73 Å². The van der Waals surface area contributed by atoms with E-state index in [2.05, 4.69) is 15.5 Å². The van der Waals surface area contributed by atoms with E-state index in [9.17, 15) is 4.39 Å².